The molecule has 0 saturated heterocycles. The summed E-state index contributed by atoms with van der Waals surface area (Å²) >= 11 is 0. The minimum absolute atomic E-state index is 0.307. The molecule has 0 amide bonds. The summed E-state index contributed by atoms with van der Waals surface area (Å²) < 4.78 is 5.29. The minimum Gasteiger partial charge on any atom is -0.623 e. The lowest BCUT2D eigenvalue weighted by atomic mass is 10.1. The number of hydrogen-bond donors (Lipinski definition) is 0. The van der Waals surface area contributed by atoms with Crippen molar-refractivity contribution >= 4 is 17.2 Å². The van der Waals surface area contributed by atoms with Gasteiger partial charge in [-0.05, 0) is 17.0 Å². The maximum Gasteiger partial charge on any atom is 0.248 e. The van der Waals surface area contributed by atoms with Crippen LogP contribution < -0.4 is 4.90 Å². The normalized spacial score (nSPS) is 13.2. The Bertz CT molecular complexity index is 581. The number of hydroxylamine groups is 1. The summed E-state index contributed by atoms with van der Waals surface area (Å²) in [5.41, 5.74) is 0.887. The molecule has 0 N–H and O–H groups in total. The SMILES string of the molecule is CC(C)(C)/[N+]([O-])=C/c1ccc2no[n+]([O-])c2c1. The summed E-state index contributed by atoms with van der Waals surface area (Å²) in [6.07, 6.45) is 1.44. The molecule has 1 aromatic heterocycles. The first kappa shape index (κ1) is 11.4. The van der Waals surface area contributed by atoms with E-state index in [-0.39, 0.29) is 0 Å². The van der Waals surface area contributed by atoms with Gasteiger partial charge < -0.3 is 10.4 Å². The van der Waals surface area contributed by atoms with Crippen molar-refractivity contribution in [3.05, 3.63) is 34.2 Å². The van der Waals surface area contributed by atoms with E-state index in [9.17, 15) is 10.4 Å². The van der Waals surface area contributed by atoms with Crippen LogP contribution in [0.2, 0.25) is 0 Å². The van der Waals surface area contributed by atoms with Crippen molar-refractivity contribution in [3.8, 4) is 0 Å². The second kappa shape index (κ2) is 3.73. The Balaban J connectivity index is 2.47. The number of benzene rings is 1. The summed E-state index contributed by atoms with van der Waals surface area (Å²) in [6.45, 7) is 5.42. The summed E-state index contributed by atoms with van der Waals surface area (Å²) in [4.78, 5) is 0.318. The summed E-state index contributed by atoms with van der Waals surface area (Å²) in [5, 5.41) is 26.5. The molecule has 6 nitrogen and oxygen atoms in total. The fourth-order valence-corrected chi connectivity index (χ4v) is 1.30. The van der Waals surface area contributed by atoms with Gasteiger partial charge in [-0.15, -0.1) is 0 Å². The largest absolute Gasteiger partial charge is 0.623 e. The maximum atomic E-state index is 11.7. The topological polar surface area (TPSA) is 79.0 Å². The lowest BCUT2D eigenvalue weighted by Gasteiger charge is -2.18. The predicted molar refractivity (Wildman–Crippen MR) is 61.5 cm³/mol. The summed E-state index contributed by atoms with van der Waals surface area (Å²) in [7, 11) is 0. The van der Waals surface area contributed by atoms with Crippen molar-refractivity contribution in [2.75, 3.05) is 0 Å². The van der Waals surface area contributed by atoms with Crippen molar-refractivity contribution in [1.82, 2.24) is 5.16 Å². The lowest BCUT2D eigenvalue weighted by molar-refractivity contribution is -0.782. The number of nitrogens with zero attached hydrogens (tertiary/aromatic N) is 3. The van der Waals surface area contributed by atoms with Crippen molar-refractivity contribution in [2.24, 2.45) is 0 Å². The van der Waals surface area contributed by atoms with Crippen molar-refractivity contribution in [1.29, 1.82) is 0 Å². The molecule has 2 rings (SSSR count). The van der Waals surface area contributed by atoms with Gasteiger partial charge in [-0.1, -0.05) is 0 Å². The van der Waals surface area contributed by atoms with Crippen LogP contribution in [0.1, 0.15) is 26.3 Å². The second-order valence-electron chi connectivity index (χ2n) is 4.80. The molecule has 0 bridgehead atoms. The highest BCUT2D eigenvalue weighted by Crippen LogP contribution is 2.10. The third-order valence-electron chi connectivity index (χ3n) is 2.34. The van der Waals surface area contributed by atoms with Gasteiger partial charge in [0, 0.05) is 37.6 Å². The highest BCUT2D eigenvalue weighted by atomic mass is 16.8. The molecule has 17 heavy (non-hydrogen) atoms. The molecule has 0 aliphatic carbocycles. The van der Waals surface area contributed by atoms with Gasteiger partial charge in [0.2, 0.25) is 11.0 Å². The second-order valence-corrected chi connectivity index (χ2v) is 4.80. The van der Waals surface area contributed by atoms with Crippen molar-refractivity contribution < 1.29 is 14.3 Å². The van der Waals surface area contributed by atoms with Crippen molar-refractivity contribution in [3.63, 3.8) is 0 Å². The van der Waals surface area contributed by atoms with Crippen LogP contribution in [0.4, 0.5) is 0 Å². The molecule has 0 aliphatic rings. The van der Waals surface area contributed by atoms with Crippen LogP contribution in [-0.2, 0) is 0 Å². The van der Waals surface area contributed by atoms with E-state index < -0.39 is 5.54 Å². The van der Waals surface area contributed by atoms with E-state index in [0.29, 0.717) is 21.5 Å². The Morgan fingerprint density at radius 3 is 2.76 bits per heavy atom. The van der Waals surface area contributed by atoms with Gasteiger partial charge in [-0.25, -0.2) is 4.74 Å². The summed E-state index contributed by atoms with van der Waals surface area (Å²) in [6, 6.07) is 4.91. The van der Waals surface area contributed by atoms with E-state index in [4.69, 9.17) is 0 Å². The molecular weight excluding hydrogens is 222 g/mol. The lowest BCUT2D eigenvalue weighted by Crippen LogP contribution is -2.29. The third-order valence-corrected chi connectivity index (χ3v) is 2.34. The van der Waals surface area contributed by atoms with Gasteiger partial charge >= 0.3 is 0 Å². The quantitative estimate of drug-likeness (QED) is 0.322. The van der Waals surface area contributed by atoms with Crippen LogP contribution in [0, 0.1) is 10.4 Å². The molecule has 90 valence electrons. The maximum absolute atomic E-state index is 11.7. The van der Waals surface area contributed by atoms with Gasteiger partial charge in [0.1, 0.15) is 0 Å². The van der Waals surface area contributed by atoms with E-state index >= 15 is 0 Å². The molecule has 2 aromatic rings. The molecule has 0 aliphatic heterocycles. The molecule has 0 radical (unpaired) electrons. The van der Waals surface area contributed by atoms with Gasteiger partial charge in [-0.3, -0.25) is 4.63 Å². The monoisotopic (exact) mass is 235 g/mol. The fourth-order valence-electron chi connectivity index (χ4n) is 1.30. The summed E-state index contributed by atoms with van der Waals surface area (Å²) in [5.74, 6) is 0. The van der Waals surface area contributed by atoms with Crippen LogP contribution in [0.3, 0.4) is 0 Å². The van der Waals surface area contributed by atoms with Crippen LogP contribution in [-0.4, -0.2) is 21.6 Å². The van der Waals surface area contributed by atoms with E-state index in [1.165, 1.54) is 6.21 Å². The molecule has 1 aromatic carbocycles. The predicted octanol–water partition coefficient (Wildman–Crippen LogP) is 1.19. The number of fused-ring (bicyclic) bond motifs is 1. The number of hydrogen-bond acceptors (Lipinski definition) is 4. The van der Waals surface area contributed by atoms with Crippen LogP contribution in [0.5, 0.6) is 0 Å². The molecule has 0 fully saturated rings. The highest BCUT2D eigenvalue weighted by Gasteiger charge is 2.18. The zero-order valence-electron chi connectivity index (χ0n) is 9.88. The van der Waals surface area contributed by atoms with E-state index in [0.717, 1.165) is 4.74 Å². The standard InChI is InChI=1S/C11H13N3O3/c1-11(2,3)13(15)7-8-4-5-9-10(6-8)14(16)17-12-9/h4-7H,1-3H3/b13-7-. The van der Waals surface area contributed by atoms with Crippen molar-refractivity contribution in [2.45, 2.75) is 26.3 Å². The Morgan fingerprint density at radius 1 is 1.41 bits per heavy atom. The minimum atomic E-state index is -0.517. The van der Waals surface area contributed by atoms with Crippen LogP contribution in [0.15, 0.2) is 22.8 Å². The molecular formula is C11H13N3O3. The average molecular weight is 235 g/mol. The Kier molecular flexibility index (Phi) is 2.49. The third kappa shape index (κ3) is 2.20. The Labute approximate surface area is 97.9 Å². The first-order valence-electron chi connectivity index (χ1n) is 5.19. The Hall–Kier alpha value is -2.11. The van der Waals surface area contributed by atoms with Crippen LogP contribution in [0.25, 0.3) is 11.0 Å². The zero-order chi connectivity index (χ0) is 12.6. The van der Waals surface area contributed by atoms with Gasteiger partial charge in [0.05, 0.1) is 0 Å². The average Bonchev–Trinajstić information content (AvgIpc) is 2.59. The molecule has 0 atom stereocenters. The smallest absolute Gasteiger partial charge is 0.248 e. The molecule has 6 heteroatoms. The first-order valence-corrected chi connectivity index (χ1v) is 5.19. The van der Waals surface area contributed by atoms with E-state index in [1.54, 1.807) is 18.2 Å². The first-order chi connectivity index (χ1) is 7.88. The highest BCUT2D eigenvalue weighted by molar-refractivity contribution is 5.83. The van der Waals surface area contributed by atoms with E-state index in [2.05, 4.69) is 9.79 Å². The van der Waals surface area contributed by atoms with Crippen LogP contribution >= 0.6 is 0 Å². The van der Waals surface area contributed by atoms with E-state index in [1.807, 2.05) is 20.8 Å². The zero-order valence-corrected chi connectivity index (χ0v) is 9.88. The number of rotatable bonds is 1. The molecule has 1 heterocycles. The number of aromatic nitrogens is 2. The molecule has 0 unspecified atom stereocenters. The van der Waals surface area contributed by atoms with Gasteiger partial charge in [-0.2, -0.15) is 0 Å². The molecule has 0 spiro atoms. The molecule has 0 saturated carbocycles. The van der Waals surface area contributed by atoms with Gasteiger partial charge in [0.25, 0.3) is 0 Å². The Morgan fingerprint density at radius 2 is 2.12 bits per heavy atom. The van der Waals surface area contributed by atoms with Gasteiger partial charge in [0.15, 0.2) is 11.8 Å². The fraction of sp³-hybridized carbons (Fsp3) is 0.364.